The Morgan fingerprint density at radius 2 is 2.11 bits per heavy atom. The highest BCUT2D eigenvalue weighted by Gasteiger charge is 2.17. The second-order valence-corrected chi connectivity index (χ2v) is 6.62. The van der Waals surface area contributed by atoms with Gasteiger partial charge in [0.05, 0.1) is 11.9 Å². The predicted molar refractivity (Wildman–Crippen MR) is 81.3 cm³/mol. The van der Waals surface area contributed by atoms with Crippen LogP contribution in [0.5, 0.6) is 5.75 Å². The number of carbonyl (C=O) groups excluding carboxylic acids is 1. The van der Waals surface area contributed by atoms with Crippen LogP contribution in [0.1, 0.15) is 49.9 Å². The third-order valence-corrected chi connectivity index (χ3v) is 4.65. The summed E-state index contributed by atoms with van der Waals surface area (Å²) in [6.07, 6.45) is 5.33. The number of rotatable bonds is 6. The zero-order valence-corrected chi connectivity index (χ0v) is 12.5. The van der Waals surface area contributed by atoms with Crippen LogP contribution in [0.2, 0.25) is 0 Å². The van der Waals surface area contributed by atoms with Crippen molar-refractivity contribution in [3.8, 4) is 5.75 Å². The van der Waals surface area contributed by atoms with Gasteiger partial charge in [-0.2, -0.15) is 11.8 Å². The van der Waals surface area contributed by atoms with E-state index >= 15 is 0 Å². The minimum atomic E-state index is 0.137. The maximum absolute atomic E-state index is 12.2. The lowest BCUT2D eigenvalue weighted by molar-refractivity contribution is 0.102. The van der Waals surface area contributed by atoms with E-state index in [4.69, 9.17) is 4.74 Å². The molecule has 0 bridgehead atoms. The number of Topliss-reactive ketones (excluding diaryl/α,β-unsaturated/α-hetero) is 1. The van der Waals surface area contributed by atoms with Crippen LogP contribution in [-0.2, 0) is 0 Å². The molecule has 0 spiro atoms. The van der Waals surface area contributed by atoms with Gasteiger partial charge in [0.1, 0.15) is 5.75 Å². The molecular weight excluding hydrogens is 256 g/mol. The van der Waals surface area contributed by atoms with Crippen molar-refractivity contribution in [3.05, 3.63) is 29.8 Å². The Balaban J connectivity index is 1.90. The summed E-state index contributed by atoms with van der Waals surface area (Å²) in [5.41, 5.74) is 0.767. The van der Waals surface area contributed by atoms with Crippen LogP contribution in [0.3, 0.4) is 0 Å². The van der Waals surface area contributed by atoms with Gasteiger partial charge in [0.25, 0.3) is 0 Å². The largest absolute Gasteiger partial charge is 0.491 e. The molecule has 0 heterocycles. The molecule has 1 aromatic carbocycles. The Morgan fingerprint density at radius 3 is 2.79 bits per heavy atom. The minimum Gasteiger partial charge on any atom is -0.491 e. The average Bonchev–Trinajstić information content (AvgIpc) is 2.88. The highest BCUT2D eigenvalue weighted by molar-refractivity contribution is 8.00. The van der Waals surface area contributed by atoms with E-state index < -0.39 is 0 Å². The molecule has 0 aliphatic heterocycles. The smallest absolute Gasteiger partial charge is 0.172 e. The second kappa shape index (κ2) is 6.99. The SMILES string of the molecule is CC(C)Oc1cccc(C(=O)CSC2CCCC2)c1. The van der Waals surface area contributed by atoms with Crippen molar-refractivity contribution in [2.75, 3.05) is 5.75 Å². The fourth-order valence-electron chi connectivity index (χ4n) is 2.35. The lowest BCUT2D eigenvalue weighted by Crippen LogP contribution is -2.08. The molecule has 0 amide bonds. The van der Waals surface area contributed by atoms with Crippen LogP contribution in [0.25, 0.3) is 0 Å². The summed E-state index contributed by atoms with van der Waals surface area (Å²) in [5.74, 6) is 1.59. The molecule has 1 aromatic rings. The summed E-state index contributed by atoms with van der Waals surface area (Å²) in [7, 11) is 0. The zero-order valence-electron chi connectivity index (χ0n) is 11.7. The molecule has 1 aliphatic carbocycles. The van der Waals surface area contributed by atoms with Gasteiger partial charge in [-0.05, 0) is 38.8 Å². The summed E-state index contributed by atoms with van der Waals surface area (Å²) >= 11 is 1.82. The Hall–Kier alpha value is -0.960. The van der Waals surface area contributed by atoms with Crippen LogP contribution in [0.15, 0.2) is 24.3 Å². The topological polar surface area (TPSA) is 26.3 Å². The van der Waals surface area contributed by atoms with Crippen molar-refractivity contribution in [3.63, 3.8) is 0 Å². The van der Waals surface area contributed by atoms with Crippen LogP contribution < -0.4 is 4.74 Å². The Bertz CT molecular complexity index is 423. The molecule has 104 valence electrons. The maximum Gasteiger partial charge on any atom is 0.172 e. The number of benzene rings is 1. The Kier molecular flexibility index (Phi) is 5.32. The molecule has 0 N–H and O–H groups in total. The van der Waals surface area contributed by atoms with E-state index in [2.05, 4.69) is 0 Å². The molecular formula is C16H22O2S. The molecule has 0 radical (unpaired) electrons. The number of ether oxygens (including phenoxy) is 1. The quantitative estimate of drug-likeness (QED) is 0.724. The molecule has 2 rings (SSSR count). The van der Waals surface area contributed by atoms with E-state index in [0.717, 1.165) is 11.3 Å². The van der Waals surface area contributed by atoms with E-state index in [0.29, 0.717) is 11.0 Å². The fourth-order valence-corrected chi connectivity index (χ4v) is 3.57. The van der Waals surface area contributed by atoms with Crippen molar-refractivity contribution >= 4 is 17.5 Å². The molecule has 0 atom stereocenters. The molecule has 0 unspecified atom stereocenters. The highest BCUT2D eigenvalue weighted by Crippen LogP contribution is 2.30. The summed E-state index contributed by atoms with van der Waals surface area (Å²) in [6, 6.07) is 7.54. The van der Waals surface area contributed by atoms with Crippen molar-refractivity contribution in [1.82, 2.24) is 0 Å². The molecule has 0 aromatic heterocycles. The van der Waals surface area contributed by atoms with E-state index in [1.165, 1.54) is 25.7 Å². The minimum absolute atomic E-state index is 0.137. The zero-order chi connectivity index (χ0) is 13.7. The monoisotopic (exact) mass is 278 g/mol. The Morgan fingerprint density at radius 1 is 1.37 bits per heavy atom. The summed E-state index contributed by atoms with van der Waals surface area (Å²) < 4.78 is 5.62. The average molecular weight is 278 g/mol. The van der Waals surface area contributed by atoms with Crippen LogP contribution in [0.4, 0.5) is 0 Å². The van der Waals surface area contributed by atoms with Crippen molar-refractivity contribution < 1.29 is 9.53 Å². The fraction of sp³-hybridized carbons (Fsp3) is 0.562. The second-order valence-electron chi connectivity index (χ2n) is 5.34. The lowest BCUT2D eigenvalue weighted by Gasteiger charge is -2.11. The standard InChI is InChI=1S/C16H22O2S/c1-12(2)18-14-7-5-6-13(10-14)16(17)11-19-15-8-3-4-9-15/h5-7,10,12,15H,3-4,8-9,11H2,1-2H3. The molecule has 0 saturated heterocycles. The van der Waals surface area contributed by atoms with Crippen LogP contribution in [0, 0.1) is 0 Å². The van der Waals surface area contributed by atoms with E-state index in [1.807, 2.05) is 49.9 Å². The molecule has 2 nitrogen and oxygen atoms in total. The first-order valence-electron chi connectivity index (χ1n) is 7.06. The van der Waals surface area contributed by atoms with Gasteiger partial charge in [0.15, 0.2) is 5.78 Å². The van der Waals surface area contributed by atoms with Gasteiger partial charge in [-0.3, -0.25) is 4.79 Å². The first-order valence-corrected chi connectivity index (χ1v) is 8.11. The molecule has 1 saturated carbocycles. The maximum atomic E-state index is 12.2. The van der Waals surface area contributed by atoms with Gasteiger partial charge in [0.2, 0.25) is 0 Å². The molecule has 3 heteroatoms. The third-order valence-electron chi connectivity index (χ3n) is 3.28. The number of ketones is 1. The molecule has 1 fully saturated rings. The number of thioether (sulfide) groups is 1. The van der Waals surface area contributed by atoms with Gasteiger partial charge in [-0.1, -0.05) is 25.0 Å². The Labute approximate surface area is 119 Å². The predicted octanol–water partition coefficient (Wildman–Crippen LogP) is 4.33. The van der Waals surface area contributed by atoms with Gasteiger partial charge < -0.3 is 4.74 Å². The van der Waals surface area contributed by atoms with Gasteiger partial charge in [0, 0.05) is 10.8 Å². The normalized spacial score (nSPS) is 15.9. The first-order chi connectivity index (χ1) is 9.15. The first kappa shape index (κ1) is 14.4. The number of hydrogen-bond donors (Lipinski definition) is 0. The van der Waals surface area contributed by atoms with E-state index in [1.54, 1.807) is 0 Å². The summed E-state index contributed by atoms with van der Waals surface area (Å²) in [5, 5.41) is 0.694. The van der Waals surface area contributed by atoms with Gasteiger partial charge >= 0.3 is 0 Å². The van der Waals surface area contributed by atoms with Crippen molar-refractivity contribution in [2.24, 2.45) is 0 Å². The van der Waals surface area contributed by atoms with E-state index in [9.17, 15) is 4.79 Å². The molecule has 1 aliphatic rings. The highest BCUT2D eigenvalue weighted by atomic mass is 32.2. The lowest BCUT2D eigenvalue weighted by atomic mass is 10.1. The van der Waals surface area contributed by atoms with Crippen molar-refractivity contribution in [1.29, 1.82) is 0 Å². The van der Waals surface area contributed by atoms with Crippen LogP contribution in [-0.4, -0.2) is 22.9 Å². The molecule has 19 heavy (non-hydrogen) atoms. The van der Waals surface area contributed by atoms with Crippen molar-refractivity contribution in [2.45, 2.75) is 50.9 Å². The van der Waals surface area contributed by atoms with Crippen LogP contribution >= 0.6 is 11.8 Å². The van der Waals surface area contributed by atoms with Gasteiger partial charge in [-0.25, -0.2) is 0 Å². The third kappa shape index (κ3) is 4.57. The number of carbonyl (C=O) groups is 1. The summed E-state index contributed by atoms with van der Waals surface area (Å²) in [6.45, 7) is 3.98. The number of hydrogen-bond acceptors (Lipinski definition) is 3. The van der Waals surface area contributed by atoms with Gasteiger partial charge in [-0.15, -0.1) is 0 Å². The summed E-state index contributed by atoms with van der Waals surface area (Å²) in [4.78, 5) is 12.2. The van der Waals surface area contributed by atoms with E-state index in [-0.39, 0.29) is 11.9 Å².